The fraction of sp³-hybridized carbons (Fsp3) is 0.647. The number of methoxy groups -OCH3 is 1. The Morgan fingerprint density at radius 1 is 1.15 bits per heavy atom. The quantitative estimate of drug-likeness (QED) is 0.784. The number of nitrogens with two attached hydrogens (primary N) is 1. The fourth-order valence-electron chi connectivity index (χ4n) is 2.49. The molecule has 114 valence electrons. The first-order valence-corrected chi connectivity index (χ1v) is 7.53. The number of para-hydroxylation sites is 1. The zero-order chi connectivity index (χ0) is 15.1. The Morgan fingerprint density at radius 3 is 2.35 bits per heavy atom. The van der Waals surface area contributed by atoms with Crippen LogP contribution in [-0.4, -0.2) is 19.3 Å². The van der Waals surface area contributed by atoms with Gasteiger partial charge in [0.1, 0.15) is 11.9 Å². The predicted octanol–water partition coefficient (Wildman–Crippen LogP) is 3.92. The van der Waals surface area contributed by atoms with Gasteiger partial charge in [-0.2, -0.15) is 0 Å². The molecule has 3 unspecified atom stereocenters. The highest BCUT2D eigenvalue weighted by atomic mass is 16.5. The van der Waals surface area contributed by atoms with E-state index in [9.17, 15) is 0 Å². The SMILES string of the molecule is CCC(N)C(OC(C)CC(C)C)c1ccccc1OC. The highest BCUT2D eigenvalue weighted by molar-refractivity contribution is 5.36. The highest BCUT2D eigenvalue weighted by Crippen LogP contribution is 2.32. The van der Waals surface area contributed by atoms with Crippen LogP contribution in [0.5, 0.6) is 5.75 Å². The van der Waals surface area contributed by atoms with Gasteiger partial charge in [-0.05, 0) is 31.7 Å². The molecule has 0 amide bonds. The molecule has 0 fully saturated rings. The second-order valence-electron chi connectivity index (χ2n) is 5.81. The zero-order valence-electron chi connectivity index (χ0n) is 13.4. The molecule has 1 aromatic carbocycles. The van der Waals surface area contributed by atoms with E-state index in [1.165, 1.54) is 0 Å². The molecular formula is C17H29NO2. The summed E-state index contributed by atoms with van der Waals surface area (Å²) in [5.74, 6) is 1.46. The Balaban J connectivity index is 2.94. The van der Waals surface area contributed by atoms with Gasteiger partial charge < -0.3 is 15.2 Å². The summed E-state index contributed by atoms with van der Waals surface area (Å²) in [5, 5.41) is 0. The molecule has 3 atom stereocenters. The van der Waals surface area contributed by atoms with Crippen LogP contribution in [0, 0.1) is 5.92 Å². The van der Waals surface area contributed by atoms with Gasteiger partial charge in [0, 0.05) is 11.6 Å². The second kappa shape index (κ2) is 8.28. The van der Waals surface area contributed by atoms with Crippen molar-refractivity contribution in [1.82, 2.24) is 0 Å². The molecule has 3 heteroatoms. The smallest absolute Gasteiger partial charge is 0.124 e. The largest absolute Gasteiger partial charge is 0.496 e. The summed E-state index contributed by atoms with van der Waals surface area (Å²) >= 11 is 0. The lowest BCUT2D eigenvalue weighted by molar-refractivity contribution is -0.0280. The predicted molar refractivity (Wildman–Crippen MR) is 84.0 cm³/mol. The number of hydrogen-bond acceptors (Lipinski definition) is 3. The van der Waals surface area contributed by atoms with Crippen molar-refractivity contribution in [2.45, 2.75) is 58.8 Å². The number of benzene rings is 1. The van der Waals surface area contributed by atoms with Crippen LogP contribution in [-0.2, 0) is 4.74 Å². The monoisotopic (exact) mass is 279 g/mol. The molecule has 0 aliphatic heterocycles. The van der Waals surface area contributed by atoms with Gasteiger partial charge in [-0.1, -0.05) is 39.0 Å². The van der Waals surface area contributed by atoms with E-state index < -0.39 is 0 Å². The molecule has 3 nitrogen and oxygen atoms in total. The van der Waals surface area contributed by atoms with Crippen molar-refractivity contribution in [3.05, 3.63) is 29.8 Å². The summed E-state index contributed by atoms with van der Waals surface area (Å²) in [7, 11) is 1.69. The summed E-state index contributed by atoms with van der Waals surface area (Å²) < 4.78 is 11.7. The van der Waals surface area contributed by atoms with E-state index in [0.29, 0.717) is 5.92 Å². The molecule has 20 heavy (non-hydrogen) atoms. The zero-order valence-corrected chi connectivity index (χ0v) is 13.4. The van der Waals surface area contributed by atoms with Gasteiger partial charge in [0.05, 0.1) is 13.2 Å². The van der Waals surface area contributed by atoms with Crippen LogP contribution in [0.3, 0.4) is 0 Å². The molecule has 0 aromatic heterocycles. The van der Waals surface area contributed by atoms with Crippen LogP contribution in [0.15, 0.2) is 24.3 Å². The maximum atomic E-state index is 6.27. The highest BCUT2D eigenvalue weighted by Gasteiger charge is 2.24. The molecule has 0 saturated heterocycles. The maximum Gasteiger partial charge on any atom is 0.124 e. The van der Waals surface area contributed by atoms with E-state index >= 15 is 0 Å². The van der Waals surface area contributed by atoms with Crippen molar-refractivity contribution in [2.24, 2.45) is 11.7 Å². The molecule has 1 rings (SSSR count). The van der Waals surface area contributed by atoms with Gasteiger partial charge in [-0.3, -0.25) is 0 Å². The molecule has 0 spiro atoms. The molecule has 0 heterocycles. The van der Waals surface area contributed by atoms with Gasteiger partial charge in [-0.25, -0.2) is 0 Å². The molecule has 2 N–H and O–H groups in total. The molecule has 1 aromatic rings. The van der Waals surface area contributed by atoms with E-state index in [2.05, 4.69) is 27.7 Å². The third-order valence-electron chi connectivity index (χ3n) is 3.49. The Hall–Kier alpha value is -1.06. The Morgan fingerprint density at radius 2 is 1.80 bits per heavy atom. The van der Waals surface area contributed by atoms with Gasteiger partial charge >= 0.3 is 0 Å². The summed E-state index contributed by atoms with van der Waals surface area (Å²) in [6, 6.07) is 7.95. The van der Waals surface area contributed by atoms with Crippen LogP contribution in [0.2, 0.25) is 0 Å². The Labute approximate surface area is 123 Å². The molecule has 0 bridgehead atoms. The molecule has 0 saturated carbocycles. The lowest BCUT2D eigenvalue weighted by atomic mass is 9.99. The Kier molecular flexibility index (Phi) is 7.03. The topological polar surface area (TPSA) is 44.5 Å². The van der Waals surface area contributed by atoms with E-state index in [4.69, 9.17) is 15.2 Å². The first-order valence-electron chi connectivity index (χ1n) is 7.53. The normalized spacial score (nSPS) is 15.9. The minimum atomic E-state index is -0.120. The third-order valence-corrected chi connectivity index (χ3v) is 3.49. The van der Waals surface area contributed by atoms with Crippen molar-refractivity contribution in [3.8, 4) is 5.75 Å². The van der Waals surface area contributed by atoms with Crippen LogP contribution >= 0.6 is 0 Å². The standard InChI is InChI=1S/C17H29NO2/c1-6-15(18)17(20-13(4)11-12(2)3)14-9-7-8-10-16(14)19-5/h7-10,12-13,15,17H,6,11,18H2,1-5H3. The van der Waals surface area contributed by atoms with Crippen molar-refractivity contribution in [1.29, 1.82) is 0 Å². The van der Waals surface area contributed by atoms with E-state index in [1.807, 2.05) is 24.3 Å². The van der Waals surface area contributed by atoms with Crippen molar-refractivity contribution < 1.29 is 9.47 Å². The fourth-order valence-corrected chi connectivity index (χ4v) is 2.49. The average Bonchev–Trinajstić information content (AvgIpc) is 2.43. The number of ether oxygens (including phenoxy) is 2. The summed E-state index contributed by atoms with van der Waals surface area (Å²) in [6.45, 7) is 8.61. The van der Waals surface area contributed by atoms with E-state index in [1.54, 1.807) is 7.11 Å². The lowest BCUT2D eigenvalue weighted by Gasteiger charge is -2.29. The van der Waals surface area contributed by atoms with Crippen LogP contribution in [0.4, 0.5) is 0 Å². The number of hydrogen-bond donors (Lipinski definition) is 1. The minimum absolute atomic E-state index is 0.0269. The van der Waals surface area contributed by atoms with Crippen LogP contribution in [0.1, 0.15) is 52.2 Å². The van der Waals surface area contributed by atoms with Gasteiger partial charge in [0.25, 0.3) is 0 Å². The minimum Gasteiger partial charge on any atom is -0.496 e. The van der Waals surface area contributed by atoms with Crippen LogP contribution in [0.25, 0.3) is 0 Å². The molecular weight excluding hydrogens is 250 g/mol. The first kappa shape index (κ1) is 17.0. The first-order chi connectivity index (χ1) is 9.49. The molecule has 0 aliphatic rings. The summed E-state index contributed by atoms with van der Waals surface area (Å²) in [6.07, 6.45) is 1.96. The lowest BCUT2D eigenvalue weighted by Crippen LogP contribution is -2.32. The summed E-state index contributed by atoms with van der Waals surface area (Å²) in [5.41, 5.74) is 7.31. The average molecular weight is 279 g/mol. The Bertz CT molecular complexity index is 392. The van der Waals surface area contributed by atoms with Gasteiger partial charge in [0.2, 0.25) is 0 Å². The second-order valence-corrected chi connectivity index (χ2v) is 5.81. The number of rotatable bonds is 8. The maximum absolute atomic E-state index is 6.27. The van der Waals surface area contributed by atoms with Gasteiger partial charge in [-0.15, -0.1) is 0 Å². The van der Waals surface area contributed by atoms with Crippen molar-refractivity contribution in [2.75, 3.05) is 7.11 Å². The van der Waals surface area contributed by atoms with Crippen LogP contribution < -0.4 is 10.5 Å². The summed E-state index contributed by atoms with van der Waals surface area (Å²) in [4.78, 5) is 0. The molecule has 0 aliphatic carbocycles. The van der Waals surface area contributed by atoms with E-state index in [-0.39, 0.29) is 18.2 Å². The van der Waals surface area contributed by atoms with Gasteiger partial charge in [0.15, 0.2) is 0 Å². The third kappa shape index (κ3) is 4.80. The van der Waals surface area contributed by atoms with Crippen molar-refractivity contribution in [3.63, 3.8) is 0 Å². The van der Waals surface area contributed by atoms with E-state index in [0.717, 1.165) is 24.2 Å². The molecule has 0 radical (unpaired) electrons. The van der Waals surface area contributed by atoms with Crippen molar-refractivity contribution >= 4 is 0 Å².